The van der Waals surface area contributed by atoms with Crippen molar-refractivity contribution in [2.75, 3.05) is 12.3 Å². The number of rotatable bonds is 8. The maximum atomic E-state index is 12.6. The van der Waals surface area contributed by atoms with Gasteiger partial charge in [0.25, 0.3) is 0 Å². The van der Waals surface area contributed by atoms with E-state index in [0.29, 0.717) is 5.56 Å². The van der Waals surface area contributed by atoms with Gasteiger partial charge in [0.2, 0.25) is 10.9 Å². The molecule has 4 aromatic rings. The molecule has 5 rings (SSSR count). The molecule has 6 N–H and O–H groups in total. The number of nitrogens with two attached hydrogens (primary N) is 1. The van der Waals surface area contributed by atoms with Crippen LogP contribution in [0.15, 0.2) is 48.9 Å². The number of H-pyrrole nitrogens is 1. The molecule has 0 amide bonds. The molecule has 0 saturated carbocycles. The molecule has 0 radical (unpaired) electrons. The normalized spacial score (nSPS) is 23.6. The second kappa shape index (κ2) is 9.44. The minimum atomic E-state index is -1.86. The third-order valence-electron chi connectivity index (χ3n) is 6.10. The number of aliphatic hydroxyl groups is 2. The molecule has 13 nitrogen and oxygen atoms in total. The lowest BCUT2D eigenvalue weighted by Crippen LogP contribution is -2.45. The van der Waals surface area contributed by atoms with E-state index in [-0.39, 0.29) is 41.0 Å². The number of nitrogen functional groups attached to an aromatic ring is 1. The summed E-state index contributed by atoms with van der Waals surface area (Å²) >= 11 is 5.92. The van der Waals surface area contributed by atoms with Crippen LogP contribution >= 0.6 is 11.6 Å². The lowest BCUT2D eigenvalue weighted by atomic mass is 9.90. The quantitative estimate of drug-likeness (QED) is 0.207. The van der Waals surface area contributed by atoms with Crippen LogP contribution in [0.3, 0.4) is 0 Å². The molecule has 0 spiro atoms. The van der Waals surface area contributed by atoms with Crippen LogP contribution in [0.4, 0.5) is 5.82 Å². The number of fused-ring (bicyclic) bond motifs is 1. The van der Waals surface area contributed by atoms with Crippen molar-refractivity contribution in [2.45, 2.75) is 36.6 Å². The number of aliphatic carboxylic acids is 1. The molecule has 0 aliphatic carbocycles. The van der Waals surface area contributed by atoms with E-state index in [1.54, 1.807) is 24.3 Å². The highest BCUT2D eigenvalue weighted by Crippen LogP contribution is 2.35. The number of anilines is 1. The smallest absolute Gasteiger partial charge is 0.342 e. The Balaban J connectivity index is 1.42. The third kappa shape index (κ3) is 4.16. The number of hydrogen-bond acceptors (Lipinski definition) is 10. The summed E-state index contributed by atoms with van der Waals surface area (Å²) in [5.41, 5.74) is 5.35. The number of carboxylic acids is 1. The summed E-state index contributed by atoms with van der Waals surface area (Å²) in [6.07, 6.45) is -2.30. The van der Waals surface area contributed by atoms with E-state index in [0.717, 1.165) is 0 Å². The van der Waals surface area contributed by atoms with Crippen LogP contribution < -0.4 is 5.73 Å². The summed E-state index contributed by atoms with van der Waals surface area (Å²) in [6, 6.07) is 10.5. The largest absolute Gasteiger partial charge is 0.479 e. The first-order valence-corrected chi connectivity index (χ1v) is 11.3. The molecule has 1 saturated heterocycles. The van der Waals surface area contributed by atoms with Crippen molar-refractivity contribution in [1.29, 1.82) is 0 Å². The molecule has 4 heterocycles. The number of ether oxygens (including phenoxy) is 2. The van der Waals surface area contributed by atoms with Crippen molar-refractivity contribution in [3.8, 4) is 0 Å². The highest BCUT2D eigenvalue weighted by molar-refractivity contribution is 6.28. The van der Waals surface area contributed by atoms with Crippen LogP contribution in [-0.4, -0.2) is 75.9 Å². The number of nitrogens with one attached hydrogen (secondary N) is 1. The van der Waals surface area contributed by atoms with Gasteiger partial charge in [-0.05, 0) is 23.2 Å². The molecule has 1 fully saturated rings. The number of nitrogens with zero attached hydrogens (tertiary/aromatic N) is 5. The van der Waals surface area contributed by atoms with E-state index in [9.17, 15) is 20.1 Å². The Morgan fingerprint density at radius 1 is 1.22 bits per heavy atom. The van der Waals surface area contributed by atoms with Gasteiger partial charge in [-0.2, -0.15) is 15.1 Å². The van der Waals surface area contributed by atoms with Crippen LogP contribution in [0.1, 0.15) is 17.5 Å². The highest BCUT2D eigenvalue weighted by atomic mass is 35.5. The summed E-state index contributed by atoms with van der Waals surface area (Å²) < 4.78 is 13.2. The van der Waals surface area contributed by atoms with E-state index >= 15 is 0 Å². The van der Waals surface area contributed by atoms with Crippen LogP contribution in [-0.2, 0) is 26.3 Å². The molecular weight excluding hydrogens is 494 g/mol. The second-order valence-electron chi connectivity index (χ2n) is 8.32. The van der Waals surface area contributed by atoms with Crippen molar-refractivity contribution in [3.63, 3.8) is 0 Å². The monoisotopic (exact) mass is 515 g/mol. The van der Waals surface area contributed by atoms with Gasteiger partial charge in [0.05, 0.1) is 18.6 Å². The highest BCUT2D eigenvalue weighted by Gasteiger charge is 2.48. The molecule has 14 heteroatoms. The number of hydrogen-bond donors (Lipinski definition) is 5. The first-order chi connectivity index (χ1) is 17.3. The van der Waals surface area contributed by atoms with Gasteiger partial charge in [0, 0.05) is 12.6 Å². The summed E-state index contributed by atoms with van der Waals surface area (Å²) in [5, 5.41) is 38.1. The number of aromatic nitrogens is 6. The van der Waals surface area contributed by atoms with Gasteiger partial charge in [-0.3, -0.25) is 9.67 Å². The topological polar surface area (TPSA) is 195 Å². The van der Waals surface area contributed by atoms with Gasteiger partial charge in [0.15, 0.2) is 17.7 Å². The molecule has 1 aliphatic rings. The van der Waals surface area contributed by atoms with E-state index in [1.165, 1.54) is 23.2 Å². The maximum absolute atomic E-state index is 12.6. The van der Waals surface area contributed by atoms with Crippen molar-refractivity contribution >= 4 is 34.6 Å². The maximum Gasteiger partial charge on any atom is 0.342 e. The molecule has 0 unspecified atom stereocenters. The molecule has 0 bridgehead atoms. The van der Waals surface area contributed by atoms with E-state index in [2.05, 4.69) is 25.1 Å². The number of imidazole rings is 1. The molecule has 188 valence electrons. The Morgan fingerprint density at radius 3 is 2.69 bits per heavy atom. The average Bonchev–Trinajstić information content (AvgIpc) is 3.59. The molecule has 5 atom stereocenters. The number of halogens is 1. The minimum absolute atomic E-state index is 0.0268. The van der Waals surface area contributed by atoms with Crippen molar-refractivity contribution in [1.82, 2.24) is 29.7 Å². The fourth-order valence-electron chi connectivity index (χ4n) is 4.26. The summed E-state index contributed by atoms with van der Waals surface area (Å²) in [4.78, 5) is 24.6. The first-order valence-electron chi connectivity index (χ1n) is 10.9. The number of carboxylic acid groups (broad SMARTS) is 1. The van der Waals surface area contributed by atoms with E-state index in [1.807, 2.05) is 6.07 Å². The fraction of sp³-hybridized carbons (Fsp3) is 0.318. The van der Waals surface area contributed by atoms with Gasteiger partial charge >= 0.3 is 5.97 Å². The number of carbonyl (C=O) groups is 1. The Hall–Kier alpha value is -3.62. The minimum Gasteiger partial charge on any atom is -0.479 e. The van der Waals surface area contributed by atoms with Gasteiger partial charge in [0.1, 0.15) is 23.8 Å². The van der Waals surface area contributed by atoms with Crippen molar-refractivity contribution < 1.29 is 29.6 Å². The Labute approximate surface area is 208 Å². The SMILES string of the molecule is Nc1nc(Cl)nc2c1ncn2[C@@H]1O[C@H](CO[C@@](Cc2ccccc2)(C(=O)O)c2ccn[nH]2)[C@@H](O)[C@H]1O. The van der Waals surface area contributed by atoms with Crippen molar-refractivity contribution in [2.24, 2.45) is 0 Å². The summed E-state index contributed by atoms with van der Waals surface area (Å²) in [7, 11) is 0. The Bertz CT molecular complexity index is 1370. The Morgan fingerprint density at radius 2 is 2.00 bits per heavy atom. The molecule has 36 heavy (non-hydrogen) atoms. The number of aliphatic hydroxyl groups excluding tert-OH is 2. The standard InChI is InChI=1S/C22H22ClN7O6/c23-21-27-17(24)14-18(28-21)30(10-25-14)19-16(32)15(31)12(36-19)9-35-22(20(33)34,13-6-7-26-29-13)8-11-4-2-1-3-5-11/h1-7,10,12,15-16,19,31-32H,8-9H2,(H,26,29)(H,33,34)(H2,24,27,28)/t12-,15-,16-,19-,22-/m1/s1. The molecular formula is C22H22ClN7O6. The van der Waals surface area contributed by atoms with Gasteiger partial charge < -0.3 is 30.5 Å². The third-order valence-corrected chi connectivity index (χ3v) is 6.27. The number of aromatic amines is 1. The van der Waals surface area contributed by atoms with E-state index in [4.69, 9.17) is 26.8 Å². The van der Waals surface area contributed by atoms with E-state index < -0.39 is 36.1 Å². The van der Waals surface area contributed by atoms with Crippen molar-refractivity contribution in [3.05, 3.63) is 65.5 Å². The summed E-state index contributed by atoms with van der Waals surface area (Å²) in [6.45, 7) is -0.364. The molecule has 1 aromatic carbocycles. The van der Waals surface area contributed by atoms with Gasteiger partial charge in [-0.25, -0.2) is 9.78 Å². The van der Waals surface area contributed by atoms with Crippen LogP contribution in [0, 0.1) is 0 Å². The average molecular weight is 516 g/mol. The zero-order valence-electron chi connectivity index (χ0n) is 18.6. The molecule has 1 aliphatic heterocycles. The summed E-state index contributed by atoms with van der Waals surface area (Å²) in [5.74, 6) is -1.22. The van der Waals surface area contributed by atoms with Gasteiger partial charge in [-0.1, -0.05) is 30.3 Å². The predicted octanol–water partition coefficient (Wildman–Crippen LogP) is 0.644. The first kappa shape index (κ1) is 24.1. The van der Waals surface area contributed by atoms with Crippen LogP contribution in [0.25, 0.3) is 11.2 Å². The zero-order chi connectivity index (χ0) is 25.4. The zero-order valence-corrected chi connectivity index (χ0v) is 19.4. The predicted molar refractivity (Wildman–Crippen MR) is 125 cm³/mol. The lowest BCUT2D eigenvalue weighted by Gasteiger charge is -2.30. The fourth-order valence-corrected chi connectivity index (χ4v) is 4.43. The van der Waals surface area contributed by atoms with Crippen LogP contribution in [0.2, 0.25) is 5.28 Å². The lowest BCUT2D eigenvalue weighted by molar-refractivity contribution is -0.177. The number of benzene rings is 1. The van der Waals surface area contributed by atoms with Gasteiger partial charge in [-0.15, -0.1) is 0 Å². The molecule has 3 aromatic heterocycles. The van der Waals surface area contributed by atoms with Crippen LogP contribution in [0.5, 0.6) is 0 Å². The second-order valence-corrected chi connectivity index (χ2v) is 8.66. The Kier molecular flexibility index (Phi) is 6.32.